The molecular formula is C13H23N3O3. The van der Waals surface area contributed by atoms with Crippen molar-refractivity contribution in [3.05, 3.63) is 0 Å². The van der Waals surface area contributed by atoms with E-state index in [1.54, 1.807) is 4.90 Å². The number of carbonyl (C=O) groups excluding carboxylic acids is 2. The van der Waals surface area contributed by atoms with Crippen LogP contribution in [0.1, 0.15) is 6.42 Å². The molecule has 2 amide bonds. The van der Waals surface area contributed by atoms with Crippen LogP contribution in [-0.4, -0.2) is 86.5 Å². The third kappa shape index (κ3) is 3.91. The van der Waals surface area contributed by atoms with E-state index in [9.17, 15) is 9.59 Å². The maximum absolute atomic E-state index is 12.1. The second kappa shape index (κ2) is 6.34. The highest BCUT2D eigenvalue weighted by Gasteiger charge is 2.28. The first-order chi connectivity index (χ1) is 9.06. The van der Waals surface area contributed by atoms with E-state index in [0.29, 0.717) is 45.2 Å². The molecule has 0 bridgehead atoms. The SMILES string of the molecule is CN(CC(=O)N1CCOCC1)CC1CC(=O)N(C)C1. The Hall–Kier alpha value is -1.14. The monoisotopic (exact) mass is 269 g/mol. The van der Waals surface area contributed by atoms with Gasteiger partial charge in [0, 0.05) is 39.6 Å². The van der Waals surface area contributed by atoms with Crippen LogP contribution in [0.2, 0.25) is 0 Å². The van der Waals surface area contributed by atoms with Crippen LogP contribution in [0.15, 0.2) is 0 Å². The number of nitrogens with zero attached hydrogens (tertiary/aromatic N) is 3. The lowest BCUT2D eigenvalue weighted by molar-refractivity contribution is -0.136. The summed E-state index contributed by atoms with van der Waals surface area (Å²) in [7, 11) is 3.78. The molecule has 0 aromatic heterocycles. The largest absolute Gasteiger partial charge is 0.378 e. The number of likely N-dealkylation sites (N-methyl/N-ethyl adjacent to an activating group) is 1. The second-order valence-electron chi connectivity index (χ2n) is 5.53. The van der Waals surface area contributed by atoms with Crippen molar-refractivity contribution in [1.29, 1.82) is 0 Å². The number of likely N-dealkylation sites (tertiary alicyclic amines) is 1. The van der Waals surface area contributed by atoms with Gasteiger partial charge in [0.25, 0.3) is 0 Å². The quantitative estimate of drug-likeness (QED) is 0.674. The zero-order valence-electron chi connectivity index (χ0n) is 11.8. The topological polar surface area (TPSA) is 53.1 Å². The van der Waals surface area contributed by atoms with E-state index < -0.39 is 0 Å². The van der Waals surface area contributed by atoms with Gasteiger partial charge in [0.05, 0.1) is 19.8 Å². The zero-order valence-corrected chi connectivity index (χ0v) is 11.8. The first-order valence-corrected chi connectivity index (χ1v) is 6.84. The Labute approximate surface area is 114 Å². The smallest absolute Gasteiger partial charge is 0.236 e. The van der Waals surface area contributed by atoms with Crippen molar-refractivity contribution in [2.75, 3.05) is 60.0 Å². The van der Waals surface area contributed by atoms with Crippen LogP contribution in [0.3, 0.4) is 0 Å². The predicted molar refractivity (Wildman–Crippen MR) is 70.6 cm³/mol. The van der Waals surface area contributed by atoms with Gasteiger partial charge in [0.2, 0.25) is 11.8 Å². The summed E-state index contributed by atoms with van der Waals surface area (Å²) in [5.41, 5.74) is 0. The average Bonchev–Trinajstić information content (AvgIpc) is 2.69. The maximum Gasteiger partial charge on any atom is 0.236 e. The number of hydrogen-bond donors (Lipinski definition) is 0. The summed E-state index contributed by atoms with van der Waals surface area (Å²) in [5.74, 6) is 0.710. The van der Waals surface area contributed by atoms with E-state index in [1.165, 1.54) is 0 Å². The number of amides is 2. The molecule has 19 heavy (non-hydrogen) atoms. The number of rotatable bonds is 4. The summed E-state index contributed by atoms with van der Waals surface area (Å²) in [6.07, 6.45) is 0.604. The second-order valence-corrected chi connectivity index (χ2v) is 5.53. The molecule has 1 atom stereocenters. The van der Waals surface area contributed by atoms with Gasteiger partial charge in [-0.25, -0.2) is 0 Å². The molecule has 2 rings (SSSR count). The van der Waals surface area contributed by atoms with Gasteiger partial charge < -0.3 is 14.5 Å². The standard InChI is InChI=1S/C13H23N3O3/c1-14(8-11-7-12(17)15(2)9-11)10-13(18)16-3-5-19-6-4-16/h11H,3-10H2,1-2H3. The van der Waals surface area contributed by atoms with E-state index in [1.807, 2.05) is 23.9 Å². The normalized spacial score (nSPS) is 24.4. The molecule has 0 aromatic rings. The van der Waals surface area contributed by atoms with Gasteiger partial charge in [-0.2, -0.15) is 0 Å². The van der Waals surface area contributed by atoms with E-state index in [0.717, 1.165) is 13.1 Å². The summed E-state index contributed by atoms with van der Waals surface area (Å²) in [5, 5.41) is 0. The summed E-state index contributed by atoms with van der Waals surface area (Å²) in [6.45, 7) is 4.68. The van der Waals surface area contributed by atoms with Crippen LogP contribution >= 0.6 is 0 Å². The van der Waals surface area contributed by atoms with Crippen molar-refractivity contribution in [1.82, 2.24) is 14.7 Å². The Morgan fingerprint density at radius 3 is 2.68 bits per heavy atom. The van der Waals surface area contributed by atoms with Gasteiger partial charge in [-0.15, -0.1) is 0 Å². The van der Waals surface area contributed by atoms with E-state index in [4.69, 9.17) is 4.74 Å². The molecule has 0 N–H and O–H groups in total. The van der Waals surface area contributed by atoms with Crippen molar-refractivity contribution >= 4 is 11.8 Å². The van der Waals surface area contributed by atoms with Crippen LogP contribution in [0, 0.1) is 5.92 Å². The maximum atomic E-state index is 12.1. The Balaban J connectivity index is 1.73. The lowest BCUT2D eigenvalue weighted by Gasteiger charge is -2.29. The lowest BCUT2D eigenvalue weighted by Crippen LogP contribution is -2.45. The molecule has 2 aliphatic heterocycles. The van der Waals surface area contributed by atoms with Gasteiger partial charge in [-0.1, -0.05) is 0 Å². The van der Waals surface area contributed by atoms with Gasteiger partial charge in [-0.3, -0.25) is 14.5 Å². The molecule has 0 aromatic carbocycles. The van der Waals surface area contributed by atoms with Crippen molar-refractivity contribution in [2.45, 2.75) is 6.42 Å². The summed E-state index contributed by atoms with van der Waals surface area (Å²) < 4.78 is 5.24. The Morgan fingerprint density at radius 1 is 1.42 bits per heavy atom. The molecule has 0 aliphatic carbocycles. The zero-order chi connectivity index (χ0) is 13.8. The fourth-order valence-electron chi connectivity index (χ4n) is 2.73. The molecule has 2 aliphatic rings. The van der Waals surface area contributed by atoms with Crippen molar-refractivity contribution < 1.29 is 14.3 Å². The molecule has 2 saturated heterocycles. The highest BCUT2D eigenvalue weighted by atomic mass is 16.5. The molecule has 1 unspecified atom stereocenters. The Kier molecular flexibility index (Phi) is 4.76. The van der Waals surface area contributed by atoms with E-state index >= 15 is 0 Å². The minimum Gasteiger partial charge on any atom is -0.378 e. The number of morpholine rings is 1. The molecule has 108 valence electrons. The predicted octanol–water partition coefficient (Wildman–Crippen LogP) is -0.745. The van der Waals surface area contributed by atoms with Crippen LogP contribution in [0.5, 0.6) is 0 Å². The summed E-state index contributed by atoms with van der Waals surface area (Å²) in [6, 6.07) is 0. The first-order valence-electron chi connectivity index (χ1n) is 6.84. The number of ether oxygens (including phenoxy) is 1. The summed E-state index contributed by atoms with van der Waals surface area (Å²) in [4.78, 5) is 29.2. The van der Waals surface area contributed by atoms with E-state index in [-0.39, 0.29) is 11.8 Å². The lowest BCUT2D eigenvalue weighted by atomic mass is 10.1. The average molecular weight is 269 g/mol. The Morgan fingerprint density at radius 2 is 2.11 bits per heavy atom. The third-order valence-electron chi connectivity index (χ3n) is 3.76. The molecule has 0 radical (unpaired) electrons. The van der Waals surface area contributed by atoms with Crippen LogP contribution in [0.4, 0.5) is 0 Å². The van der Waals surface area contributed by atoms with Gasteiger partial charge >= 0.3 is 0 Å². The van der Waals surface area contributed by atoms with Crippen molar-refractivity contribution in [2.24, 2.45) is 5.92 Å². The number of hydrogen-bond acceptors (Lipinski definition) is 4. The molecule has 6 heteroatoms. The van der Waals surface area contributed by atoms with Crippen LogP contribution in [0.25, 0.3) is 0 Å². The minimum absolute atomic E-state index is 0.156. The highest BCUT2D eigenvalue weighted by Crippen LogP contribution is 2.16. The van der Waals surface area contributed by atoms with E-state index in [2.05, 4.69) is 0 Å². The molecule has 0 spiro atoms. The molecule has 0 saturated carbocycles. The molecule has 6 nitrogen and oxygen atoms in total. The first kappa shape index (κ1) is 14.3. The molecule has 2 fully saturated rings. The van der Waals surface area contributed by atoms with Crippen molar-refractivity contribution in [3.63, 3.8) is 0 Å². The van der Waals surface area contributed by atoms with Crippen molar-refractivity contribution in [3.8, 4) is 0 Å². The van der Waals surface area contributed by atoms with Gasteiger partial charge in [0.15, 0.2) is 0 Å². The fourth-order valence-corrected chi connectivity index (χ4v) is 2.73. The molecule has 2 heterocycles. The molecular weight excluding hydrogens is 246 g/mol. The highest BCUT2D eigenvalue weighted by molar-refractivity contribution is 5.79. The van der Waals surface area contributed by atoms with Gasteiger partial charge in [-0.05, 0) is 13.0 Å². The number of carbonyl (C=O) groups is 2. The third-order valence-corrected chi connectivity index (χ3v) is 3.76. The summed E-state index contributed by atoms with van der Waals surface area (Å²) >= 11 is 0. The van der Waals surface area contributed by atoms with Crippen LogP contribution < -0.4 is 0 Å². The Bertz CT molecular complexity index is 342. The van der Waals surface area contributed by atoms with Crippen LogP contribution in [-0.2, 0) is 14.3 Å². The van der Waals surface area contributed by atoms with Gasteiger partial charge in [0.1, 0.15) is 0 Å². The minimum atomic E-state index is 0.156. The fraction of sp³-hybridized carbons (Fsp3) is 0.846.